The van der Waals surface area contributed by atoms with E-state index in [2.05, 4.69) is 19.2 Å². The summed E-state index contributed by atoms with van der Waals surface area (Å²) in [7, 11) is 0. The molecule has 0 aromatic rings. The van der Waals surface area contributed by atoms with Crippen LogP contribution in [0, 0.1) is 5.92 Å². The maximum atomic E-state index is 11.9. The van der Waals surface area contributed by atoms with Crippen LogP contribution in [0.3, 0.4) is 0 Å². The van der Waals surface area contributed by atoms with Gasteiger partial charge in [-0.1, -0.05) is 19.9 Å². The van der Waals surface area contributed by atoms with Crippen LogP contribution in [-0.4, -0.2) is 35.2 Å². The third-order valence-electron chi connectivity index (χ3n) is 3.04. The highest BCUT2D eigenvalue weighted by molar-refractivity contribution is 5.75. The van der Waals surface area contributed by atoms with Crippen LogP contribution in [0.1, 0.15) is 39.5 Å². The van der Waals surface area contributed by atoms with E-state index in [0.29, 0.717) is 12.3 Å². The SMILES string of the molecule is CC(C)/C=C/NC(=O)N1CCCCC1CCO. The summed E-state index contributed by atoms with van der Waals surface area (Å²) in [6.45, 7) is 5.08. The topological polar surface area (TPSA) is 52.6 Å². The first-order chi connectivity index (χ1) is 8.15. The van der Waals surface area contributed by atoms with Crippen LogP contribution >= 0.6 is 0 Å². The van der Waals surface area contributed by atoms with Gasteiger partial charge < -0.3 is 15.3 Å². The standard InChI is InChI=1S/C13H24N2O2/c1-11(2)6-8-14-13(17)15-9-4-3-5-12(15)7-10-16/h6,8,11-12,16H,3-5,7,9-10H2,1-2H3,(H,14,17)/b8-6+. The van der Waals surface area contributed by atoms with Gasteiger partial charge in [-0.15, -0.1) is 0 Å². The third-order valence-corrected chi connectivity index (χ3v) is 3.04. The maximum absolute atomic E-state index is 11.9. The van der Waals surface area contributed by atoms with E-state index in [1.165, 1.54) is 0 Å². The predicted octanol–water partition coefficient (Wildman–Crippen LogP) is 2.10. The van der Waals surface area contributed by atoms with Crippen LogP contribution in [0.15, 0.2) is 12.3 Å². The fourth-order valence-electron chi connectivity index (χ4n) is 2.11. The Morgan fingerprint density at radius 3 is 2.94 bits per heavy atom. The first-order valence-electron chi connectivity index (χ1n) is 6.49. The first-order valence-corrected chi connectivity index (χ1v) is 6.49. The molecule has 0 bridgehead atoms. The molecule has 1 rings (SSSR count). The molecule has 17 heavy (non-hydrogen) atoms. The normalized spacial score (nSPS) is 21.2. The van der Waals surface area contributed by atoms with Gasteiger partial charge >= 0.3 is 6.03 Å². The highest BCUT2D eigenvalue weighted by atomic mass is 16.3. The molecule has 0 radical (unpaired) electrons. The number of amides is 2. The molecule has 1 fully saturated rings. The van der Waals surface area contributed by atoms with Crippen LogP contribution in [0.2, 0.25) is 0 Å². The van der Waals surface area contributed by atoms with Crippen molar-refractivity contribution in [1.82, 2.24) is 10.2 Å². The lowest BCUT2D eigenvalue weighted by Gasteiger charge is -2.35. The van der Waals surface area contributed by atoms with E-state index in [1.54, 1.807) is 6.20 Å². The Kier molecular flexibility index (Phi) is 6.05. The van der Waals surface area contributed by atoms with Crippen molar-refractivity contribution in [3.05, 3.63) is 12.3 Å². The van der Waals surface area contributed by atoms with E-state index in [-0.39, 0.29) is 18.7 Å². The van der Waals surface area contributed by atoms with Gasteiger partial charge in [0.25, 0.3) is 0 Å². The summed E-state index contributed by atoms with van der Waals surface area (Å²) in [4.78, 5) is 13.8. The Balaban J connectivity index is 2.47. The molecule has 0 aromatic heterocycles. The molecule has 0 aliphatic carbocycles. The second-order valence-corrected chi connectivity index (χ2v) is 4.91. The molecular weight excluding hydrogens is 216 g/mol. The summed E-state index contributed by atoms with van der Waals surface area (Å²) >= 11 is 0. The Bertz CT molecular complexity index is 262. The van der Waals surface area contributed by atoms with Gasteiger partial charge in [0, 0.05) is 25.4 Å². The Labute approximate surface area is 104 Å². The van der Waals surface area contributed by atoms with Crippen LogP contribution in [-0.2, 0) is 0 Å². The average molecular weight is 240 g/mol. The molecule has 1 aliphatic heterocycles. The molecule has 0 aromatic carbocycles. The summed E-state index contributed by atoms with van der Waals surface area (Å²) in [5.41, 5.74) is 0. The number of carbonyl (C=O) groups is 1. The van der Waals surface area contributed by atoms with E-state index in [1.807, 2.05) is 11.0 Å². The lowest BCUT2D eigenvalue weighted by Crippen LogP contribution is -2.47. The van der Waals surface area contributed by atoms with Crippen LogP contribution in [0.5, 0.6) is 0 Å². The molecule has 4 nitrogen and oxygen atoms in total. The number of rotatable bonds is 4. The zero-order valence-electron chi connectivity index (χ0n) is 10.9. The van der Waals surface area contributed by atoms with Crippen LogP contribution < -0.4 is 5.32 Å². The number of nitrogens with one attached hydrogen (secondary N) is 1. The fraction of sp³-hybridized carbons (Fsp3) is 0.769. The number of urea groups is 1. The summed E-state index contributed by atoms with van der Waals surface area (Å²) in [6, 6.07) is 0.154. The number of hydrogen-bond acceptors (Lipinski definition) is 2. The van der Waals surface area contributed by atoms with Crippen LogP contribution in [0.4, 0.5) is 4.79 Å². The summed E-state index contributed by atoms with van der Waals surface area (Å²) in [6.07, 6.45) is 7.57. The monoisotopic (exact) mass is 240 g/mol. The number of likely N-dealkylation sites (tertiary alicyclic amines) is 1. The second kappa shape index (κ2) is 7.33. The highest BCUT2D eigenvalue weighted by Crippen LogP contribution is 2.19. The summed E-state index contributed by atoms with van der Waals surface area (Å²) in [5.74, 6) is 0.435. The molecule has 98 valence electrons. The molecule has 2 amide bonds. The van der Waals surface area contributed by atoms with Crippen molar-refractivity contribution >= 4 is 6.03 Å². The predicted molar refractivity (Wildman–Crippen MR) is 68.6 cm³/mol. The summed E-state index contributed by atoms with van der Waals surface area (Å²) in [5, 5.41) is 11.8. The first kappa shape index (κ1) is 14.0. The number of nitrogens with zero attached hydrogens (tertiary/aromatic N) is 1. The van der Waals surface area contributed by atoms with Crippen molar-refractivity contribution in [2.75, 3.05) is 13.2 Å². The Morgan fingerprint density at radius 2 is 2.29 bits per heavy atom. The number of aliphatic hydroxyl groups is 1. The van der Waals surface area contributed by atoms with Gasteiger partial charge in [0.1, 0.15) is 0 Å². The quantitative estimate of drug-likeness (QED) is 0.790. The number of hydrogen-bond donors (Lipinski definition) is 2. The van der Waals surface area contributed by atoms with E-state index < -0.39 is 0 Å². The van der Waals surface area contributed by atoms with Gasteiger partial charge in [-0.05, 0) is 31.6 Å². The zero-order valence-corrected chi connectivity index (χ0v) is 10.9. The van der Waals surface area contributed by atoms with E-state index in [9.17, 15) is 4.79 Å². The summed E-state index contributed by atoms with van der Waals surface area (Å²) < 4.78 is 0. The molecule has 1 heterocycles. The van der Waals surface area contributed by atoms with Gasteiger partial charge in [0.2, 0.25) is 0 Å². The number of aliphatic hydroxyl groups excluding tert-OH is 1. The lowest BCUT2D eigenvalue weighted by atomic mass is 10.0. The minimum Gasteiger partial charge on any atom is -0.396 e. The molecule has 1 aliphatic rings. The lowest BCUT2D eigenvalue weighted by molar-refractivity contribution is 0.134. The van der Waals surface area contributed by atoms with E-state index >= 15 is 0 Å². The van der Waals surface area contributed by atoms with Crippen molar-refractivity contribution in [2.24, 2.45) is 5.92 Å². The number of carbonyl (C=O) groups excluding carboxylic acids is 1. The van der Waals surface area contributed by atoms with Gasteiger partial charge in [-0.2, -0.15) is 0 Å². The van der Waals surface area contributed by atoms with Gasteiger partial charge in [-0.25, -0.2) is 4.79 Å². The van der Waals surface area contributed by atoms with Crippen LogP contribution in [0.25, 0.3) is 0 Å². The average Bonchev–Trinajstić information content (AvgIpc) is 2.29. The maximum Gasteiger partial charge on any atom is 0.321 e. The van der Waals surface area contributed by atoms with Crippen molar-refractivity contribution in [3.8, 4) is 0 Å². The molecule has 1 unspecified atom stereocenters. The minimum absolute atomic E-state index is 0.0416. The van der Waals surface area contributed by atoms with Crippen molar-refractivity contribution in [2.45, 2.75) is 45.6 Å². The molecular formula is C13H24N2O2. The molecule has 0 spiro atoms. The second-order valence-electron chi connectivity index (χ2n) is 4.91. The molecule has 2 N–H and O–H groups in total. The van der Waals surface area contributed by atoms with Gasteiger partial charge in [-0.3, -0.25) is 0 Å². The van der Waals surface area contributed by atoms with Crippen molar-refractivity contribution in [1.29, 1.82) is 0 Å². The number of piperidine rings is 1. The fourth-order valence-corrected chi connectivity index (χ4v) is 2.11. The number of allylic oxidation sites excluding steroid dienone is 1. The highest BCUT2D eigenvalue weighted by Gasteiger charge is 2.25. The van der Waals surface area contributed by atoms with E-state index in [0.717, 1.165) is 25.8 Å². The molecule has 0 saturated carbocycles. The Hall–Kier alpha value is -1.03. The minimum atomic E-state index is -0.0416. The molecule has 4 heteroatoms. The van der Waals surface area contributed by atoms with Gasteiger partial charge in [0.05, 0.1) is 0 Å². The van der Waals surface area contributed by atoms with Crippen molar-refractivity contribution < 1.29 is 9.90 Å². The van der Waals surface area contributed by atoms with Gasteiger partial charge in [0.15, 0.2) is 0 Å². The molecule has 1 saturated heterocycles. The van der Waals surface area contributed by atoms with E-state index in [4.69, 9.17) is 5.11 Å². The molecule has 1 atom stereocenters. The Morgan fingerprint density at radius 1 is 1.53 bits per heavy atom. The van der Waals surface area contributed by atoms with Crippen molar-refractivity contribution in [3.63, 3.8) is 0 Å². The third kappa shape index (κ3) is 4.77. The smallest absolute Gasteiger partial charge is 0.321 e. The zero-order chi connectivity index (χ0) is 12.7. The largest absolute Gasteiger partial charge is 0.396 e.